The van der Waals surface area contributed by atoms with Crippen molar-refractivity contribution in [3.63, 3.8) is 0 Å². The zero-order valence-electron chi connectivity index (χ0n) is 17.3. The van der Waals surface area contributed by atoms with Crippen molar-refractivity contribution in [2.45, 2.75) is 50.7 Å². The van der Waals surface area contributed by atoms with Crippen molar-refractivity contribution in [2.75, 3.05) is 0 Å². The van der Waals surface area contributed by atoms with Gasteiger partial charge in [0.25, 0.3) is 5.56 Å². The van der Waals surface area contributed by atoms with Gasteiger partial charge in [-0.2, -0.15) is 0 Å². The summed E-state index contributed by atoms with van der Waals surface area (Å²) in [6.07, 6.45) is 10.3. The maximum atomic E-state index is 13.5. The second-order valence-electron chi connectivity index (χ2n) is 8.65. The maximum absolute atomic E-state index is 13.5. The molecule has 1 aromatic carbocycles. The highest BCUT2D eigenvalue weighted by Crippen LogP contribution is 2.35. The van der Waals surface area contributed by atoms with E-state index in [2.05, 4.69) is 40.6 Å². The Morgan fingerprint density at radius 1 is 1.10 bits per heavy atom. The molecule has 3 aromatic heterocycles. The molecule has 0 aliphatic heterocycles. The van der Waals surface area contributed by atoms with Crippen LogP contribution in [0.4, 0.5) is 0 Å². The molecular formula is C25H24N4OS. The minimum atomic E-state index is 0.141. The minimum Gasteiger partial charge on any atom is -0.309 e. The van der Waals surface area contributed by atoms with E-state index in [4.69, 9.17) is 4.98 Å². The van der Waals surface area contributed by atoms with Gasteiger partial charge in [-0.25, -0.2) is 4.98 Å². The first-order valence-electron chi connectivity index (χ1n) is 11.0. The van der Waals surface area contributed by atoms with Crippen LogP contribution in [0.3, 0.4) is 0 Å². The molecule has 1 N–H and O–H groups in total. The Morgan fingerprint density at radius 2 is 1.94 bits per heavy atom. The van der Waals surface area contributed by atoms with Crippen LogP contribution in [0.1, 0.15) is 39.6 Å². The van der Waals surface area contributed by atoms with E-state index < -0.39 is 0 Å². The second kappa shape index (κ2) is 7.70. The van der Waals surface area contributed by atoms with Gasteiger partial charge in [-0.1, -0.05) is 30.3 Å². The van der Waals surface area contributed by atoms with E-state index in [1.165, 1.54) is 27.1 Å². The SMILES string of the molecule is O=c1c2c3c(sc2ncn1C1Cc2ccccc2C1)CC(NCc1cccnc1)CC3. The topological polar surface area (TPSA) is 59.8 Å². The summed E-state index contributed by atoms with van der Waals surface area (Å²) in [7, 11) is 0. The normalized spacial score (nSPS) is 18.3. The van der Waals surface area contributed by atoms with Gasteiger partial charge >= 0.3 is 0 Å². The van der Waals surface area contributed by atoms with Gasteiger partial charge < -0.3 is 5.32 Å². The van der Waals surface area contributed by atoms with Crippen molar-refractivity contribution < 1.29 is 0 Å². The molecule has 1 unspecified atom stereocenters. The lowest BCUT2D eigenvalue weighted by atomic mass is 9.93. The fourth-order valence-corrected chi connectivity index (χ4v) is 6.37. The molecule has 0 spiro atoms. The zero-order chi connectivity index (χ0) is 20.8. The molecule has 0 fully saturated rings. The lowest BCUT2D eigenvalue weighted by molar-refractivity contribution is 0.462. The fourth-order valence-electron chi connectivity index (χ4n) is 5.11. The van der Waals surface area contributed by atoms with Crippen LogP contribution in [-0.2, 0) is 32.2 Å². The van der Waals surface area contributed by atoms with Gasteiger partial charge in [0, 0.05) is 35.9 Å². The number of nitrogens with one attached hydrogen (secondary N) is 1. The summed E-state index contributed by atoms with van der Waals surface area (Å²) >= 11 is 1.70. The van der Waals surface area contributed by atoms with Gasteiger partial charge in [-0.3, -0.25) is 14.3 Å². The lowest BCUT2D eigenvalue weighted by Gasteiger charge is -2.23. The highest BCUT2D eigenvalue weighted by Gasteiger charge is 2.28. The number of fused-ring (bicyclic) bond motifs is 4. The van der Waals surface area contributed by atoms with Crippen molar-refractivity contribution in [3.8, 4) is 0 Å². The van der Waals surface area contributed by atoms with Crippen LogP contribution in [0, 0.1) is 0 Å². The van der Waals surface area contributed by atoms with Gasteiger partial charge in [0.15, 0.2) is 0 Å². The summed E-state index contributed by atoms with van der Waals surface area (Å²) in [4.78, 5) is 24.6. The van der Waals surface area contributed by atoms with Crippen molar-refractivity contribution in [3.05, 3.63) is 92.6 Å². The third-order valence-electron chi connectivity index (χ3n) is 6.73. The van der Waals surface area contributed by atoms with E-state index in [9.17, 15) is 4.79 Å². The quantitative estimate of drug-likeness (QED) is 0.537. The van der Waals surface area contributed by atoms with Crippen LogP contribution in [0.2, 0.25) is 0 Å². The van der Waals surface area contributed by atoms with Crippen molar-refractivity contribution in [2.24, 2.45) is 0 Å². The summed E-state index contributed by atoms with van der Waals surface area (Å²) in [5.74, 6) is 0. The molecule has 5 nitrogen and oxygen atoms in total. The number of benzene rings is 1. The third-order valence-corrected chi connectivity index (χ3v) is 7.90. The molecule has 3 heterocycles. The molecule has 31 heavy (non-hydrogen) atoms. The van der Waals surface area contributed by atoms with Gasteiger partial charge in [-0.15, -0.1) is 11.3 Å². The minimum absolute atomic E-state index is 0.141. The van der Waals surface area contributed by atoms with Crippen LogP contribution in [0.5, 0.6) is 0 Å². The van der Waals surface area contributed by atoms with Gasteiger partial charge in [0.1, 0.15) is 4.83 Å². The molecule has 6 rings (SSSR count). The molecular weight excluding hydrogens is 404 g/mol. The number of aromatic nitrogens is 3. The first-order chi connectivity index (χ1) is 15.3. The van der Waals surface area contributed by atoms with Crippen molar-refractivity contribution in [1.29, 1.82) is 0 Å². The van der Waals surface area contributed by atoms with E-state index in [-0.39, 0.29) is 11.6 Å². The molecule has 0 radical (unpaired) electrons. The molecule has 156 valence electrons. The molecule has 2 aliphatic rings. The molecule has 2 aliphatic carbocycles. The van der Waals surface area contributed by atoms with Crippen LogP contribution < -0.4 is 10.9 Å². The molecule has 0 amide bonds. The smallest absolute Gasteiger partial charge is 0.262 e. The Kier molecular flexibility index (Phi) is 4.69. The fraction of sp³-hybridized carbons (Fsp3) is 0.320. The first-order valence-corrected chi connectivity index (χ1v) is 11.8. The Hall–Kier alpha value is -2.83. The number of nitrogens with zero attached hydrogens (tertiary/aromatic N) is 3. The Balaban J connectivity index is 1.26. The Morgan fingerprint density at radius 3 is 2.71 bits per heavy atom. The van der Waals surface area contributed by atoms with Gasteiger partial charge in [-0.05, 0) is 60.4 Å². The van der Waals surface area contributed by atoms with Crippen LogP contribution in [-0.4, -0.2) is 20.6 Å². The highest BCUT2D eigenvalue weighted by molar-refractivity contribution is 7.18. The predicted molar refractivity (Wildman–Crippen MR) is 124 cm³/mol. The summed E-state index contributed by atoms with van der Waals surface area (Å²) in [5, 5.41) is 4.53. The largest absolute Gasteiger partial charge is 0.309 e. The summed E-state index contributed by atoms with van der Waals surface area (Å²) < 4.78 is 1.89. The monoisotopic (exact) mass is 428 g/mol. The molecule has 4 aromatic rings. The van der Waals surface area contributed by atoms with Gasteiger partial charge in [0.2, 0.25) is 0 Å². The van der Waals surface area contributed by atoms with Gasteiger partial charge in [0.05, 0.1) is 11.7 Å². The van der Waals surface area contributed by atoms with Crippen LogP contribution >= 0.6 is 11.3 Å². The average Bonchev–Trinajstić information content (AvgIpc) is 3.39. The van der Waals surface area contributed by atoms with E-state index in [1.54, 1.807) is 23.9 Å². The standard InChI is InChI=1S/C25H24N4OS/c30-25-23-21-8-7-19(27-14-16-4-3-9-26-13-16)12-22(21)31-24(23)28-15-29(25)20-10-17-5-1-2-6-18(17)11-20/h1-6,9,13,15,19-20,27H,7-8,10-12,14H2. The predicted octanol–water partition coefficient (Wildman–Crippen LogP) is 3.84. The number of pyridine rings is 1. The number of aryl methyl sites for hydroxylation is 1. The van der Waals surface area contributed by atoms with E-state index in [1.807, 2.05) is 16.8 Å². The molecule has 0 bridgehead atoms. The molecule has 6 heteroatoms. The number of hydrogen-bond donors (Lipinski definition) is 1. The summed E-state index contributed by atoms with van der Waals surface area (Å²) in [6, 6.07) is 13.2. The van der Waals surface area contributed by atoms with E-state index in [0.29, 0.717) is 6.04 Å². The van der Waals surface area contributed by atoms with E-state index >= 15 is 0 Å². The molecule has 0 saturated heterocycles. The van der Waals surface area contributed by atoms with Crippen molar-refractivity contribution in [1.82, 2.24) is 19.9 Å². The lowest BCUT2D eigenvalue weighted by Crippen LogP contribution is -2.34. The Labute approximate surface area is 184 Å². The summed E-state index contributed by atoms with van der Waals surface area (Å²) in [5.41, 5.74) is 5.29. The first kappa shape index (κ1) is 18.9. The molecule has 0 saturated carbocycles. The van der Waals surface area contributed by atoms with Crippen LogP contribution in [0.15, 0.2) is 59.9 Å². The van der Waals surface area contributed by atoms with E-state index in [0.717, 1.165) is 48.9 Å². The van der Waals surface area contributed by atoms with Crippen molar-refractivity contribution >= 4 is 21.6 Å². The Bertz CT molecular complexity index is 1290. The van der Waals surface area contributed by atoms with Crippen LogP contribution in [0.25, 0.3) is 10.2 Å². The number of hydrogen-bond acceptors (Lipinski definition) is 5. The number of thiophene rings is 1. The maximum Gasteiger partial charge on any atom is 0.262 e. The highest BCUT2D eigenvalue weighted by atomic mass is 32.1. The number of rotatable bonds is 4. The second-order valence-corrected chi connectivity index (χ2v) is 9.74. The average molecular weight is 429 g/mol. The zero-order valence-corrected chi connectivity index (χ0v) is 18.1. The third kappa shape index (κ3) is 3.40. The molecule has 1 atom stereocenters. The summed E-state index contributed by atoms with van der Waals surface area (Å²) in [6.45, 7) is 0.825.